The molecule has 0 aliphatic carbocycles. The monoisotopic (exact) mass is 289 g/mol. The van der Waals surface area contributed by atoms with Crippen molar-refractivity contribution in [2.75, 3.05) is 25.0 Å². The topological polar surface area (TPSA) is 41.6 Å². The van der Waals surface area contributed by atoms with E-state index in [4.69, 9.17) is 5.73 Å². The van der Waals surface area contributed by atoms with E-state index < -0.39 is 0 Å². The molecular formula is C17H24FN3. The molecule has 1 aliphatic rings. The lowest BCUT2D eigenvalue weighted by atomic mass is 10.1. The molecule has 0 aromatic heterocycles. The van der Waals surface area contributed by atoms with Crippen molar-refractivity contribution in [3.05, 3.63) is 35.7 Å². The largest absolute Gasteiger partial charge is 0.370 e. The van der Waals surface area contributed by atoms with Crippen molar-refractivity contribution in [1.82, 2.24) is 0 Å². The number of rotatable bonds is 7. The summed E-state index contributed by atoms with van der Waals surface area (Å²) >= 11 is 0. The second-order valence-electron chi connectivity index (χ2n) is 5.60. The number of benzene rings is 1. The zero-order valence-electron chi connectivity index (χ0n) is 12.9. The number of aliphatic imine (C=N–C) groups is 1. The molecule has 0 spiro atoms. The number of nitrogens with zero attached hydrogens (tertiary/aromatic N) is 2. The quantitative estimate of drug-likeness (QED) is 0.830. The van der Waals surface area contributed by atoms with Crippen molar-refractivity contribution in [2.24, 2.45) is 10.7 Å². The zero-order valence-corrected chi connectivity index (χ0v) is 12.9. The van der Waals surface area contributed by atoms with Gasteiger partial charge in [-0.3, -0.25) is 4.99 Å². The Bertz CT molecular complexity index is 549. The third kappa shape index (κ3) is 3.91. The fourth-order valence-corrected chi connectivity index (χ4v) is 2.55. The third-order valence-corrected chi connectivity index (χ3v) is 3.85. The van der Waals surface area contributed by atoms with Gasteiger partial charge in [0.05, 0.1) is 12.0 Å². The van der Waals surface area contributed by atoms with Gasteiger partial charge in [0.1, 0.15) is 0 Å². The van der Waals surface area contributed by atoms with Crippen LogP contribution in [0.1, 0.15) is 31.7 Å². The number of hydrogen-bond acceptors (Lipinski definition) is 3. The van der Waals surface area contributed by atoms with Gasteiger partial charge in [0.2, 0.25) is 0 Å². The van der Waals surface area contributed by atoms with Crippen LogP contribution < -0.4 is 10.6 Å². The van der Waals surface area contributed by atoms with E-state index in [0.717, 1.165) is 24.2 Å². The molecule has 0 radical (unpaired) electrons. The molecule has 0 atom stereocenters. The first kappa shape index (κ1) is 15.7. The Morgan fingerprint density at radius 3 is 2.95 bits per heavy atom. The molecule has 3 nitrogen and oxygen atoms in total. The first-order valence-corrected chi connectivity index (χ1v) is 7.56. The van der Waals surface area contributed by atoms with Gasteiger partial charge in [-0.2, -0.15) is 0 Å². The smallest absolute Gasteiger partial charge is 0.0889 e. The van der Waals surface area contributed by atoms with Gasteiger partial charge in [0.15, 0.2) is 0 Å². The second kappa shape index (κ2) is 7.36. The molecule has 0 saturated heterocycles. The molecule has 114 valence electrons. The lowest BCUT2D eigenvalue weighted by Crippen LogP contribution is -2.23. The number of unbranched alkanes of at least 4 members (excludes halogenated alkanes) is 1. The molecule has 1 heterocycles. The van der Waals surface area contributed by atoms with Crippen LogP contribution in [0.2, 0.25) is 0 Å². The summed E-state index contributed by atoms with van der Waals surface area (Å²) in [6.45, 7) is 2.95. The average Bonchev–Trinajstić information content (AvgIpc) is 2.92. The highest BCUT2D eigenvalue weighted by atomic mass is 19.1. The summed E-state index contributed by atoms with van der Waals surface area (Å²) in [6.07, 6.45) is 5.02. The van der Waals surface area contributed by atoms with Crippen LogP contribution in [0.5, 0.6) is 0 Å². The molecular weight excluding hydrogens is 265 g/mol. The Morgan fingerprint density at radius 1 is 1.48 bits per heavy atom. The number of nitrogens with two attached hydrogens (primary N) is 1. The molecule has 1 aliphatic heterocycles. The predicted octanol–water partition coefficient (Wildman–Crippen LogP) is 3.75. The molecule has 1 aromatic rings. The van der Waals surface area contributed by atoms with Crippen LogP contribution in [0, 0.1) is 0 Å². The van der Waals surface area contributed by atoms with Crippen LogP contribution in [0.3, 0.4) is 0 Å². The zero-order chi connectivity index (χ0) is 15.2. The van der Waals surface area contributed by atoms with Crippen LogP contribution in [-0.4, -0.2) is 25.8 Å². The molecule has 0 bridgehead atoms. The molecule has 0 fully saturated rings. The number of halogens is 1. The van der Waals surface area contributed by atoms with Gasteiger partial charge in [-0.05, 0) is 42.2 Å². The summed E-state index contributed by atoms with van der Waals surface area (Å²) in [6, 6.07) is 6.25. The Kier molecular flexibility index (Phi) is 5.51. The fraction of sp³-hybridized carbons (Fsp3) is 0.471. The normalized spacial score (nSPS) is 14.1. The van der Waals surface area contributed by atoms with Crippen molar-refractivity contribution in [3.63, 3.8) is 0 Å². The lowest BCUT2D eigenvalue weighted by molar-refractivity contribution is 0.698. The minimum Gasteiger partial charge on any atom is -0.370 e. The van der Waals surface area contributed by atoms with E-state index in [9.17, 15) is 4.39 Å². The van der Waals surface area contributed by atoms with E-state index in [1.165, 1.54) is 24.1 Å². The van der Waals surface area contributed by atoms with E-state index in [0.29, 0.717) is 18.4 Å². The van der Waals surface area contributed by atoms with Crippen LogP contribution in [0.25, 0.3) is 0 Å². The number of anilines is 1. The van der Waals surface area contributed by atoms with Gasteiger partial charge in [-0.15, -0.1) is 0 Å². The first-order valence-electron chi connectivity index (χ1n) is 7.56. The summed E-state index contributed by atoms with van der Waals surface area (Å²) in [5.41, 5.74) is 10.8. The standard InChI is InChI=1S/C17H24FN3/c1-3-4-5-15-8-14-9-16(6-7-17(14)20-15)21(2)12-13(10-18)11-19/h6-7,9-10H,3-5,8,11-12,19H2,1-2H3/b13-10+. The third-order valence-electron chi connectivity index (χ3n) is 3.85. The van der Waals surface area contributed by atoms with Gasteiger partial charge in [0, 0.05) is 38.0 Å². The first-order chi connectivity index (χ1) is 10.2. The maximum Gasteiger partial charge on any atom is 0.0889 e. The molecule has 0 amide bonds. The minimum atomic E-state index is 0.246. The molecule has 0 unspecified atom stereocenters. The average molecular weight is 289 g/mol. The van der Waals surface area contributed by atoms with Gasteiger partial charge >= 0.3 is 0 Å². The van der Waals surface area contributed by atoms with E-state index in [1.54, 1.807) is 0 Å². The summed E-state index contributed by atoms with van der Waals surface area (Å²) in [5.74, 6) is 0. The Balaban J connectivity index is 2.05. The van der Waals surface area contributed by atoms with Crippen molar-refractivity contribution in [1.29, 1.82) is 0 Å². The van der Waals surface area contributed by atoms with Crippen molar-refractivity contribution in [2.45, 2.75) is 32.6 Å². The van der Waals surface area contributed by atoms with E-state index >= 15 is 0 Å². The van der Waals surface area contributed by atoms with Crippen LogP contribution >= 0.6 is 0 Å². The van der Waals surface area contributed by atoms with Crippen molar-refractivity contribution in [3.8, 4) is 0 Å². The number of likely N-dealkylation sites (N-methyl/N-ethyl adjacent to an activating group) is 1. The van der Waals surface area contributed by atoms with Gasteiger partial charge in [-0.25, -0.2) is 4.39 Å². The molecule has 4 heteroatoms. The van der Waals surface area contributed by atoms with Crippen LogP contribution in [0.15, 0.2) is 35.1 Å². The molecule has 21 heavy (non-hydrogen) atoms. The van der Waals surface area contributed by atoms with Crippen molar-refractivity contribution < 1.29 is 4.39 Å². The second-order valence-corrected chi connectivity index (χ2v) is 5.60. The molecule has 2 N–H and O–H groups in total. The summed E-state index contributed by atoms with van der Waals surface area (Å²) in [5, 5.41) is 0. The van der Waals surface area contributed by atoms with E-state index in [2.05, 4.69) is 24.0 Å². The maximum atomic E-state index is 12.6. The van der Waals surface area contributed by atoms with Gasteiger partial charge < -0.3 is 10.6 Å². The van der Waals surface area contributed by atoms with Crippen LogP contribution in [0.4, 0.5) is 15.8 Å². The molecule has 0 saturated carbocycles. The molecule has 1 aromatic carbocycles. The van der Waals surface area contributed by atoms with E-state index in [1.807, 2.05) is 18.0 Å². The number of hydrogen-bond donors (Lipinski definition) is 1. The summed E-state index contributed by atoms with van der Waals surface area (Å²) < 4.78 is 12.6. The predicted molar refractivity (Wildman–Crippen MR) is 88.3 cm³/mol. The number of fused-ring (bicyclic) bond motifs is 1. The summed E-state index contributed by atoms with van der Waals surface area (Å²) in [7, 11) is 1.95. The SMILES string of the molecule is CCCCC1=Nc2ccc(N(C)C/C(=C/F)CN)cc2C1. The van der Waals surface area contributed by atoms with Gasteiger partial charge in [-0.1, -0.05) is 13.3 Å². The Hall–Kier alpha value is -1.68. The summed E-state index contributed by atoms with van der Waals surface area (Å²) in [4.78, 5) is 6.71. The lowest BCUT2D eigenvalue weighted by Gasteiger charge is -2.20. The Morgan fingerprint density at radius 2 is 2.29 bits per heavy atom. The van der Waals surface area contributed by atoms with E-state index in [-0.39, 0.29) is 6.54 Å². The minimum absolute atomic E-state index is 0.246. The Labute approximate surface area is 126 Å². The van der Waals surface area contributed by atoms with Gasteiger partial charge in [0.25, 0.3) is 0 Å². The maximum absolute atomic E-state index is 12.6. The highest BCUT2D eigenvalue weighted by Gasteiger charge is 2.15. The fourth-order valence-electron chi connectivity index (χ4n) is 2.55. The van der Waals surface area contributed by atoms with Crippen molar-refractivity contribution >= 4 is 17.1 Å². The molecule has 2 rings (SSSR count). The van der Waals surface area contributed by atoms with Crippen LogP contribution in [-0.2, 0) is 6.42 Å². The highest BCUT2D eigenvalue weighted by Crippen LogP contribution is 2.31. The highest BCUT2D eigenvalue weighted by molar-refractivity contribution is 5.94.